The third kappa shape index (κ3) is 4.73. The average Bonchev–Trinajstić information content (AvgIpc) is 2.38. The molecule has 0 saturated heterocycles. The molecule has 2 rings (SSSR count). The van der Waals surface area contributed by atoms with Gasteiger partial charge < -0.3 is 5.11 Å². The lowest BCUT2D eigenvalue weighted by molar-refractivity contribution is 0.200. The third-order valence-electron chi connectivity index (χ3n) is 2.63. The lowest BCUT2D eigenvalue weighted by Gasteiger charge is -2.11. The minimum Gasteiger partial charge on any atom is -0.392 e. The van der Waals surface area contributed by atoms with E-state index in [1.807, 2.05) is 48.5 Å². The molecule has 2 aromatic rings. The fourth-order valence-corrected chi connectivity index (χ4v) is 3.13. The van der Waals surface area contributed by atoms with Crippen LogP contribution in [-0.2, 0) is 6.42 Å². The molecular weight excluding hydrogens is 299 g/mol. The zero-order valence-electron chi connectivity index (χ0n) is 10.2. The molecule has 1 N–H and O–H groups in total. The summed E-state index contributed by atoms with van der Waals surface area (Å²) in [7, 11) is 0. The Hall–Kier alpha value is -0.670. The summed E-state index contributed by atoms with van der Waals surface area (Å²) >= 11 is 13.6. The quantitative estimate of drug-likeness (QED) is 0.808. The third-order valence-corrected chi connectivity index (χ3v) is 4.52. The first kappa shape index (κ1) is 14.7. The number of rotatable bonds is 5. The fraction of sp³-hybridized carbons (Fsp3) is 0.200. The number of halogens is 2. The SMILES string of the molecule is OC(CSc1ccccc1Cl)Cc1cccc(Cl)c1. The number of hydrogen-bond acceptors (Lipinski definition) is 2. The lowest BCUT2D eigenvalue weighted by Crippen LogP contribution is -2.13. The maximum Gasteiger partial charge on any atom is 0.0674 e. The minimum absolute atomic E-state index is 0.417. The van der Waals surface area contributed by atoms with E-state index in [0.717, 1.165) is 15.5 Å². The monoisotopic (exact) mass is 312 g/mol. The van der Waals surface area contributed by atoms with Crippen molar-refractivity contribution >= 4 is 35.0 Å². The summed E-state index contributed by atoms with van der Waals surface area (Å²) in [6, 6.07) is 15.2. The molecule has 0 fully saturated rings. The van der Waals surface area contributed by atoms with Gasteiger partial charge in [-0.15, -0.1) is 11.8 Å². The van der Waals surface area contributed by atoms with Crippen molar-refractivity contribution in [3.05, 3.63) is 64.1 Å². The minimum atomic E-state index is -0.417. The standard InChI is InChI=1S/C15H14Cl2OS/c16-12-5-3-4-11(8-12)9-13(18)10-19-15-7-2-1-6-14(15)17/h1-8,13,18H,9-10H2. The molecule has 0 aliphatic carbocycles. The highest BCUT2D eigenvalue weighted by atomic mass is 35.5. The van der Waals surface area contributed by atoms with Gasteiger partial charge in [0, 0.05) is 15.7 Å². The zero-order valence-corrected chi connectivity index (χ0v) is 12.6. The van der Waals surface area contributed by atoms with E-state index >= 15 is 0 Å². The van der Waals surface area contributed by atoms with Gasteiger partial charge in [-0.05, 0) is 36.2 Å². The van der Waals surface area contributed by atoms with Crippen molar-refractivity contribution < 1.29 is 5.11 Å². The van der Waals surface area contributed by atoms with Gasteiger partial charge >= 0.3 is 0 Å². The predicted octanol–water partition coefficient (Wildman–Crippen LogP) is 4.69. The molecular formula is C15H14Cl2OS. The molecule has 0 heterocycles. The smallest absolute Gasteiger partial charge is 0.0674 e. The van der Waals surface area contributed by atoms with Crippen LogP contribution in [0.1, 0.15) is 5.56 Å². The van der Waals surface area contributed by atoms with Gasteiger partial charge in [0.05, 0.1) is 11.1 Å². The average molecular weight is 313 g/mol. The van der Waals surface area contributed by atoms with Gasteiger partial charge in [0.2, 0.25) is 0 Å². The molecule has 1 atom stereocenters. The molecule has 0 radical (unpaired) electrons. The summed E-state index contributed by atoms with van der Waals surface area (Å²) in [6.07, 6.45) is 0.178. The molecule has 0 aliphatic rings. The molecule has 0 bridgehead atoms. The van der Waals surface area contributed by atoms with E-state index in [0.29, 0.717) is 17.2 Å². The molecule has 2 aromatic carbocycles. The molecule has 19 heavy (non-hydrogen) atoms. The van der Waals surface area contributed by atoms with Gasteiger partial charge in [-0.2, -0.15) is 0 Å². The van der Waals surface area contributed by atoms with Gasteiger partial charge in [-0.3, -0.25) is 0 Å². The van der Waals surface area contributed by atoms with Gasteiger partial charge in [0.1, 0.15) is 0 Å². The Bertz CT molecular complexity index is 545. The first-order chi connectivity index (χ1) is 9.15. The van der Waals surface area contributed by atoms with Crippen molar-refractivity contribution in [2.45, 2.75) is 17.4 Å². The molecule has 0 spiro atoms. The Labute approximate surface area is 127 Å². The Balaban J connectivity index is 1.88. The van der Waals surface area contributed by atoms with E-state index in [4.69, 9.17) is 23.2 Å². The molecule has 100 valence electrons. The molecule has 0 aliphatic heterocycles. The summed E-state index contributed by atoms with van der Waals surface area (Å²) in [4.78, 5) is 0.995. The number of hydrogen-bond donors (Lipinski definition) is 1. The summed E-state index contributed by atoms with van der Waals surface area (Å²) in [5, 5.41) is 11.5. The molecule has 0 aromatic heterocycles. The van der Waals surface area contributed by atoms with E-state index in [1.54, 1.807) is 11.8 Å². The Morgan fingerprint density at radius 2 is 1.84 bits per heavy atom. The largest absolute Gasteiger partial charge is 0.392 e. The molecule has 0 saturated carbocycles. The zero-order chi connectivity index (χ0) is 13.7. The molecule has 0 amide bonds. The van der Waals surface area contributed by atoms with Gasteiger partial charge in [0.15, 0.2) is 0 Å². The highest BCUT2D eigenvalue weighted by molar-refractivity contribution is 7.99. The second-order valence-electron chi connectivity index (χ2n) is 4.23. The van der Waals surface area contributed by atoms with Crippen LogP contribution < -0.4 is 0 Å². The van der Waals surface area contributed by atoms with Crippen molar-refractivity contribution in [2.24, 2.45) is 0 Å². The second kappa shape index (κ2) is 7.20. The van der Waals surface area contributed by atoms with E-state index < -0.39 is 6.10 Å². The maximum absolute atomic E-state index is 10.0. The number of aliphatic hydroxyl groups is 1. The number of aliphatic hydroxyl groups excluding tert-OH is 1. The van der Waals surface area contributed by atoms with Gasteiger partial charge in [-0.25, -0.2) is 0 Å². The van der Waals surface area contributed by atoms with Crippen LogP contribution in [0, 0.1) is 0 Å². The first-order valence-electron chi connectivity index (χ1n) is 5.95. The van der Waals surface area contributed by atoms with Crippen LogP contribution in [0.5, 0.6) is 0 Å². The number of benzene rings is 2. The normalized spacial score (nSPS) is 12.4. The summed E-state index contributed by atoms with van der Waals surface area (Å²) in [6.45, 7) is 0. The van der Waals surface area contributed by atoms with Crippen LogP contribution in [0.25, 0.3) is 0 Å². The Morgan fingerprint density at radius 1 is 1.05 bits per heavy atom. The Kier molecular flexibility index (Phi) is 5.59. The molecule has 4 heteroatoms. The van der Waals surface area contributed by atoms with E-state index in [9.17, 15) is 5.11 Å². The van der Waals surface area contributed by atoms with Crippen molar-refractivity contribution in [1.82, 2.24) is 0 Å². The van der Waals surface area contributed by atoms with Crippen LogP contribution >= 0.6 is 35.0 Å². The number of thioether (sulfide) groups is 1. The first-order valence-corrected chi connectivity index (χ1v) is 7.69. The van der Waals surface area contributed by atoms with Crippen LogP contribution in [0.4, 0.5) is 0 Å². The van der Waals surface area contributed by atoms with Gasteiger partial charge in [-0.1, -0.05) is 47.5 Å². The second-order valence-corrected chi connectivity index (χ2v) is 6.13. The Morgan fingerprint density at radius 3 is 2.58 bits per heavy atom. The molecule has 1 nitrogen and oxygen atoms in total. The van der Waals surface area contributed by atoms with Crippen molar-refractivity contribution in [3.8, 4) is 0 Å². The molecule has 1 unspecified atom stereocenters. The predicted molar refractivity (Wildman–Crippen MR) is 83.3 cm³/mol. The van der Waals surface area contributed by atoms with Crippen LogP contribution in [-0.4, -0.2) is 17.0 Å². The van der Waals surface area contributed by atoms with Crippen molar-refractivity contribution in [3.63, 3.8) is 0 Å². The maximum atomic E-state index is 10.0. The highest BCUT2D eigenvalue weighted by Crippen LogP contribution is 2.27. The van der Waals surface area contributed by atoms with Crippen LogP contribution in [0.2, 0.25) is 10.0 Å². The fourth-order valence-electron chi connectivity index (χ4n) is 1.74. The van der Waals surface area contributed by atoms with Gasteiger partial charge in [0.25, 0.3) is 0 Å². The van der Waals surface area contributed by atoms with Crippen molar-refractivity contribution in [2.75, 3.05) is 5.75 Å². The van der Waals surface area contributed by atoms with Crippen molar-refractivity contribution in [1.29, 1.82) is 0 Å². The lowest BCUT2D eigenvalue weighted by atomic mass is 10.1. The highest BCUT2D eigenvalue weighted by Gasteiger charge is 2.08. The summed E-state index contributed by atoms with van der Waals surface area (Å²) in [5.74, 6) is 0.607. The van der Waals surface area contributed by atoms with Crippen LogP contribution in [0.3, 0.4) is 0 Å². The van der Waals surface area contributed by atoms with E-state index in [2.05, 4.69) is 0 Å². The van der Waals surface area contributed by atoms with E-state index in [-0.39, 0.29) is 0 Å². The summed E-state index contributed by atoms with van der Waals surface area (Å²) in [5.41, 5.74) is 1.04. The topological polar surface area (TPSA) is 20.2 Å². The van der Waals surface area contributed by atoms with Crippen LogP contribution in [0.15, 0.2) is 53.4 Å². The summed E-state index contributed by atoms with van der Waals surface area (Å²) < 4.78 is 0. The van der Waals surface area contributed by atoms with E-state index in [1.165, 1.54) is 0 Å².